The number of benzene rings is 2. The number of aliphatic hydroxyl groups is 1. The summed E-state index contributed by atoms with van der Waals surface area (Å²) in [5.41, 5.74) is 3.85. The fourth-order valence-corrected chi connectivity index (χ4v) is 3.61. The molecule has 0 bridgehead atoms. The number of rotatable bonds is 5. The van der Waals surface area contributed by atoms with Crippen LogP contribution in [0, 0.1) is 12.8 Å². The molecule has 146 valence electrons. The van der Waals surface area contributed by atoms with E-state index in [0.29, 0.717) is 11.6 Å². The summed E-state index contributed by atoms with van der Waals surface area (Å²) in [7, 11) is 0. The third-order valence-electron chi connectivity index (χ3n) is 5.19. The standard InChI is InChI=1S/C24H27NO3/c1-14(2)17-9-11-19(12-10-17)25-21(18-8-6-7-16(5)13-18)20(22(26)15(3)4)23(27)24(25)28/h6-15,21,27H,1-5H3. The van der Waals surface area contributed by atoms with Crippen molar-refractivity contribution in [1.82, 2.24) is 0 Å². The number of aliphatic hydroxyl groups excluding tert-OH is 1. The highest BCUT2D eigenvalue weighted by Crippen LogP contribution is 2.42. The van der Waals surface area contributed by atoms with E-state index < -0.39 is 17.7 Å². The lowest BCUT2D eigenvalue weighted by Crippen LogP contribution is -2.31. The van der Waals surface area contributed by atoms with Crippen LogP contribution in [-0.4, -0.2) is 16.8 Å². The summed E-state index contributed by atoms with van der Waals surface area (Å²) in [4.78, 5) is 27.4. The molecule has 4 nitrogen and oxygen atoms in total. The van der Waals surface area contributed by atoms with Crippen LogP contribution in [0.5, 0.6) is 0 Å². The van der Waals surface area contributed by atoms with Crippen LogP contribution < -0.4 is 4.90 Å². The van der Waals surface area contributed by atoms with Crippen LogP contribution in [-0.2, 0) is 9.59 Å². The molecule has 0 aliphatic carbocycles. The number of carbonyl (C=O) groups excluding carboxylic acids is 2. The number of ketones is 1. The smallest absolute Gasteiger partial charge is 0.294 e. The van der Waals surface area contributed by atoms with E-state index in [1.807, 2.05) is 55.5 Å². The first-order valence-electron chi connectivity index (χ1n) is 9.69. The molecule has 4 heteroatoms. The molecule has 0 saturated heterocycles. The Morgan fingerprint density at radius 1 is 1.04 bits per heavy atom. The van der Waals surface area contributed by atoms with Gasteiger partial charge in [0.1, 0.15) is 0 Å². The van der Waals surface area contributed by atoms with Crippen LogP contribution in [0.2, 0.25) is 0 Å². The van der Waals surface area contributed by atoms with Gasteiger partial charge in [-0.2, -0.15) is 0 Å². The molecule has 1 N–H and O–H groups in total. The maximum atomic E-state index is 13.0. The number of Topliss-reactive ketones (excluding diaryl/α,β-unsaturated/α-hetero) is 1. The van der Waals surface area contributed by atoms with Crippen molar-refractivity contribution in [2.24, 2.45) is 5.92 Å². The molecule has 2 aromatic carbocycles. The second kappa shape index (κ2) is 7.63. The Labute approximate surface area is 166 Å². The Kier molecular flexibility index (Phi) is 5.41. The minimum absolute atomic E-state index is 0.179. The van der Waals surface area contributed by atoms with Crippen LogP contribution in [0.15, 0.2) is 59.9 Å². The van der Waals surface area contributed by atoms with E-state index in [-0.39, 0.29) is 17.3 Å². The number of amides is 1. The average molecular weight is 377 g/mol. The van der Waals surface area contributed by atoms with Gasteiger partial charge in [0.05, 0.1) is 11.6 Å². The van der Waals surface area contributed by atoms with Gasteiger partial charge in [0, 0.05) is 11.6 Å². The van der Waals surface area contributed by atoms with E-state index in [9.17, 15) is 14.7 Å². The number of nitrogens with zero attached hydrogens (tertiary/aromatic N) is 1. The zero-order valence-electron chi connectivity index (χ0n) is 17.1. The summed E-state index contributed by atoms with van der Waals surface area (Å²) in [6.45, 7) is 9.74. The SMILES string of the molecule is Cc1cccc(C2C(C(=O)C(C)C)=C(O)C(=O)N2c2ccc(C(C)C)cc2)c1. The van der Waals surface area contributed by atoms with E-state index in [4.69, 9.17) is 0 Å². The minimum Gasteiger partial charge on any atom is -0.503 e. The molecule has 0 fully saturated rings. The maximum Gasteiger partial charge on any atom is 0.294 e. The van der Waals surface area contributed by atoms with Gasteiger partial charge in [0.2, 0.25) is 0 Å². The van der Waals surface area contributed by atoms with Gasteiger partial charge in [-0.05, 0) is 36.1 Å². The molecule has 3 rings (SSSR count). The first kappa shape index (κ1) is 19.9. The van der Waals surface area contributed by atoms with E-state index in [1.54, 1.807) is 13.8 Å². The Morgan fingerprint density at radius 2 is 1.68 bits per heavy atom. The predicted molar refractivity (Wildman–Crippen MR) is 111 cm³/mol. The zero-order chi connectivity index (χ0) is 20.6. The second-order valence-corrected chi connectivity index (χ2v) is 8.02. The summed E-state index contributed by atoms with van der Waals surface area (Å²) in [6, 6.07) is 14.8. The van der Waals surface area contributed by atoms with Gasteiger partial charge in [-0.25, -0.2) is 0 Å². The average Bonchev–Trinajstić information content (AvgIpc) is 2.92. The van der Waals surface area contributed by atoms with Gasteiger partial charge < -0.3 is 5.11 Å². The van der Waals surface area contributed by atoms with E-state index in [2.05, 4.69) is 13.8 Å². The first-order valence-corrected chi connectivity index (χ1v) is 9.69. The number of hydrogen-bond acceptors (Lipinski definition) is 3. The molecule has 1 atom stereocenters. The topological polar surface area (TPSA) is 57.6 Å². The number of hydrogen-bond donors (Lipinski definition) is 1. The molecule has 1 heterocycles. The van der Waals surface area contributed by atoms with Crippen LogP contribution in [0.25, 0.3) is 0 Å². The molecular formula is C24H27NO3. The second-order valence-electron chi connectivity index (χ2n) is 8.02. The monoisotopic (exact) mass is 377 g/mol. The first-order chi connectivity index (χ1) is 13.2. The van der Waals surface area contributed by atoms with Crippen molar-refractivity contribution in [3.05, 3.63) is 76.6 Å². The molecule has 0 spiro atoms. The lowest BCUT2D eigenvalue weighted by molar-refractivity contribution is -0.119. The van der Waals surface area contributed by atoms with Crippen molar-refractivity contribution in [3.63, 3.8) is 0 Å². The third kappa shape index (κ3) is 3.47. The highest BCUT2D eigenvalue weighted by Gasteiger charge is 2.44. The highest BCUT2D eigenvalue weighted by atomic mass is 16.3. The van der Waals surface area contributed by atoms with Gasteiger partial charge in [0.25, 0.3) is 5.91 Å². The zero-order valence-corrected chi connectivity index (χ0v) is 17.1. The summed E-state index contributed by atoms with van der Waals surface area (Å²) >= 11 is 0. The quantitative estimate of drug-likeness (QED) is 0.775. The number of anilines is 1. The minimum atomic E-state index is -0.632. The summed E-state index contributed by atoms with van der Waals surface area (Å²) < 4.78 is 0. The molecular weight excluding hydrogens is 350 g/mol. The summed E-state index contributed by atoms with van der Waals surface area (Å²) in [5, 5.41) is 10.6. The molecule has 0 radical (unpaired) electrons. The largest absolute Gasteiger partial charge is 0.503 e. The van der Waals surface area contributed by atoms with Crippen LogP contribution in [0.1, 0.15) is 56.3 Å². The van der Waals surface area contributed by atoms with Crippen LogP contribution in [0.3, 0.4) is 0 Å². The van der Waals surface area contributed by atoms with Gasteiger partial charge in [-0.1, -0.05) is 69.7 Å². The Morgan fingerprint density at radius 3 is 2.21 bits per heavy atom. The van der Waals surface area contributed by atoms with Crippen molar-refractivity contribution in [1.29, 1.82) is 0 Å². The van der Waals surface area contributed by atoms with Crippen molar-refractivity contribution in [2.75, 3.05) is 4.90 Å². The summed E-state index contributed by atoms with van der Waals surface area (Å²) in [6.07, 6.45) is 0. The number of aryl methyl sites for hydroxylation is 1. The molecule has 0 aromatic heterocycles. The van der Waals surface area contributed by atoms with Gasteiger partial charge >= 0.3 is 0 Å². The van der Waals surface area contributed by atoms with Gasteiger partial charge in [-0.15, -0.1) is 0 Å². The molecule has 0 saturated carbocycles. The molecule has 1 aliphatic heterocycles. The van der Waals surface area contributed by atoms with E-state index >= 15 is 0 Å². The van der Waals surface area contributed by atoms with Gasteiger partial charge in [-0.3, -0.25) is 14.5 Å². The van der Waals surface area contributed by atoms with Crippen molar-refractivity contribution in [2.45, 2.75) is 46.6 Å². The lowest BCUT2D eigenvalue weighted by Gasteiger charge is -2.28. The predicted octanol–water partition coefficient (Wildman–Crippen LogP) is 5.24. The number of carbonyl (C=O) groups is 2. The van der Waals surface area contributed by atoms with E-state index in [0.717, 1.165) is 16.7 Å². The fraction of sp³-hybridized carbons (Fsp3) is 0.333. The third-order valence-corrected chi connectivity index (χ3v) is 5.19. The highest BCUT2D eigenvalue weighted by molar-refractivity contribution is 6.16. The Balaban J connectivity index is 2.15. The van der Waals surface area contributed by atoms with Crippen LogP contribution in [0.4, 0.5) is 5.69 Å². The maximum absolute atomic E-state index is 13.0. The van der Waals surface area contributed by atoms with E-state index in [1.165, 1.54) is 4.90 Å². The molecule has 2 aromatic rings. The molecule has 1 unspecified atom stereocenters. The van der Waals surface area contributed by atoms with Crippen molar-refractivity contribution in [3.8, 4) is 0 Å². The molecule has 1 amide bonds. The Hall–Kier alpha value is -2.88. The normalized spacial score (nSPS) is 17.2. The fourth-order valence-electron chi connectivity index (χ4n) is 3.61. The lowest BCUT2D eigenvalue weighted by atomic mass is 9.90. The summed E-state index contributed by atoms with van der Waals surface area (Å²) in [5.74, 6) is -1.13. The molecule has 1 aliphatic rings. The van der Waals surface area contributed by atoms with Gasteiger partial charge in [0.15, 0.2) is 11.5 Å². The Bertz CT molecular complexity index is 939. The van der Waals surface area contributed by atoms with Crippen molar-refractivity contribution < 1.29 is 14.7 Å². The van der Waals surface area contributed by atoms with Crippen LogP contribution >= 0.6 is 0 Å². The molecule has 28 heavy (non-hydrogen) atoms. The van der Waals surface area contributed by atoms with Crippen molar-refractivity contribution >= 4 is 17.4 Å².